The van der Waals surface area contributed by atoms with Gasteiger partial charge in [-0.05, 0) is 23.3 Å². The molecule has 5 heteroatoms. The molecule has 0 aliphatic heterocycles. The summed E-state index contributed by atoms with van der Waals surface area (Å²) < 4.78 is 5.19. The summed E-state index contributed by atoms with van der Waals surface area (Å²) in [5, 5.41) is 3.01. The highest BCUT2D eigenvalue weighted by molar-refractivity contribution is 7.09. The van der Waals surface area contributed by atoms with Crippen molar-refractivity contribution in [2.24, 2.45) is 0 Å². The highest BCUT2D eigenvalue weighted by Crippen LogP contribution is 2.17. The molecule has 0 bridgehead atoms. The van der Waals surface area contributed by atoms with Gasteiger partial charge in [0.05, 0.1) is 24.2 Å². The van der Waals surface area contributed by atoms with Gasteiger partial charge in [0.25, 0.3) is 0 Å². The molecule has 144 valence electrons. The van der Waals surface area contributed by atoms with E-state index in [0.717, 1.165) is 28.4 Å². The average molecular weight is 393 g/mol. The van der Waals surface area contributed by atoms with Crippen LogP contribution in [-0.4, -0.2) is 29.4 Å². The van der Waals surface area contributed by atoms with Gasteiger partial charge in [0.1, 0.15) is 5.75 Å². The molecule has 0 fully saturated rings. The number of hydrogen-bond acceptors (Lipinski definition) is 4. The van der Waals surface area contributed by atoms with Crippen molar-refractivity contribution in [3.05, 3.63) is 94.5 Å². The van der Waals surface area contributed by atoms with Crippen LogP contribution >= 0.6 is 11.3 Å². The van der Waals surface area contributed by atoms with Gasteiger partial charge in [-0.1, -0.05) is 48.5 Å². The molecule has 4 nitrogen and oxygen atoms in total. The molecule has 0 spiro atoms. The van der Waals surface area contributed by atoms with E-state index in [0.29, 0.717) is 19.5 Å². The fourth-order valence-corrected chi connectivity index (χ4v) is 3.74. The van der Waals surface area contributed by atoms with Crippen molar-refractivity contribution in [2.45, 2.75) is 19.4 Å². The summed E-state index contributed by atoms with van der Waals surface area (Å²) in [4.78, 5) is 19.3. The Morgan fingerprint density at radius 2 is 1.89 bits per heavy atom. The van der Waals surface area contributed by atoms with Crippen LogP contribution in [0.1, 0.15) is 21.8 Å². The van der Waals surface area contributed by atoms with Gasteiger partial charge < -0.3 is 9.64 Å². The molecule has 0 aliphatic carbocycles. The molecule has 3 rings (SSSR count). The smallest absolute Gasteiger partial charge is 0.229 e. The third-order valence-corrected chi connectivity index (χ3v) is 5.26. The predicted molar refractivity (Wildman–Crippen MR) is 114 cm³/mol. The van der Waals surface area contributed by atoms with E-state index in [1.165, 1.54) is 5.56 Å². The van der Waals surface area contributed by atoms with Crippen LogP contribution in [0.4, 0.5) is 0 Å². The Labute approximate surface area is 170 Å². The maximum atomic E-state index is 12.8. The number of thiazole rings is 1. The van der Waals surface area contributed by atoms with Crippen LogP contribution in [0.25, 0.3) is 0 Å². The quantitative estimate of drug-likeness (QED) is 0.504. The molecule has 0 atom stereocenters. The summed E-state index contributed by atoms with van der Waals surface area (Å²) in [7, 11) is 1.64. The first-order valence-electron chi connectivity index (χ1n) is 9.16. The zero-order chi connectivity index (χ0) is 19.8. The Morgan fingerprint density at radius 1 is 1.14 bits per heavy atom. The molecule has 1 heterocycles. The third-order valence-electron chi connectivity index (χ3n) is 4.36. The summed E-state index contributed by atoms with van der Waals surface area (Å²) in [5.41, 5.74) is 3.10. The van der Waals surface area contributed by atoms with Gasteiger partial charge >= 0.3 is 0 Å². The molecular formula is C23H24N2O2S. The zero-order valence-electron chi connectivity index (χ0n) is 16.0. The topological polar surface area (TPSA) is 42.4 Å². The van der Waals surface area contributed by atoms with E-state index in [2.05, 4.69) is 23.7 Å². The van der Waals surface area contributed by atoms with Gasteiger partial charge in [0, 0.05) is 24.9 Å². The minimum Gasteiger partial charge on any atom is -0.497 e. The van der Waals surface area contributed by atoms with Gasteiger partial charge in [0.15, 0.2) is 0 Å². The van der Waals surface area contributed by atoms with E-state index in [9.17, 15) is 4.79 Å². The largest absolute Gasteiger partial charge is 0.497 e. The molecule has 0 saturated carbocycles. The standard InChI is InChI=1S/C23H24N2O2S/c1-3-13-25(16-19-9-11-21(27-2)12-10-19)23(26)15-20-17-28-22(24-20)14-18-7-5-4-6-8-18/h3-12,17H,1,13-16H2,2H3. The summed E-state index contributed by atoms with van der Waals surface area (Å²) in [6.07, 6.45) is 2.85. The second-order valence-electron chi connectivity index (χ2n) is 6.48. The lowest BCUT2D eigenvalue weighted by Gasteiger charge is -2.21. The maximum absolute atomic E-state index is 12.8. The van der Waals surface area contributed by atoms with Crippen molar-refractivity contribution in [3.63, 3.8) is 0 Å². The van der Waals surface area contributed by atoms with Crippen LogP contribution in [-0.2, 0) is 24.2 Å². The number of benzene rings is 2. The lowest BCUT2D eigenvalue weighted by atomic mass is 10.1. The number of ether oxygens (including phenoxy) is 1. The first kappa shape index (κ1) is 19.8. The molecule has 0 unspecified atom stereocenters. The highest BCUT2D eigenvalue weighted by Gasteiger charge is 2.15. The third kappa shape index (κ3) is 5.54. The van der Waals surface area contributed by atoms with Crippen molar-refractivity contribution in [3.8, 4) is 5.75 Å². The molecule has 0 radical (unpaired) electrons. The van der Waals surface area contributed by atoms with E-state index >= 15 is 0 Å². The number of carbonyl (C=O) groups is 1. The predicted octanol–water partition coefficient (Wildman–Crippen LogP) is 4.50. The van der Waals surface area contributed by atoms with Crippen molar-refractivity contribution >= 4 is 17.2 Å². The van der Waals surface area contributed by atoms with Crippen molar-refractivity contribution in [1.82, 2.24) is 9.88 Å². The average Bonchev–Trinajstić information content (AvgIpc) is 3.15. The fourth-order valence-electron chi connectivity index (χ4n) is 2.91. The summed E-state index contributed by atoms with van der Waals surface area (Å²) >= 11 is 1.60. The Hall–Kier alpha value is -2.92. The second-order valence-corrected chi connectivity index (χ2v) is 7.43. The molecule has 1 amide bonds. The molecule has 3 aromatic rings. The van der Waals surface area contributed by atoms with E-state index in [4.69, 9.17) is 4.74 Å². The molecule has 1 aromatic heterocycles. The number of amides is 1. The zero-order valence-corrected chi connectivity index (χ0v) is 16.8. The number of methoxy groups -OCH3 is 1. The normalized spacial score (nSPS) is 10.5. The van der Waals surface area contributed by atoms with Crippen LogP contribution in [0.2, 0.25) is 0 Å². The molecule has 0 saturated heterocycles. The minimum atomic E-state index is 0.0484. The van der Waals surface area contributed by atoms with E-state index in [1.54, 1.807) is 29.4 Å². The number of aromatic nitrogens is 1. The van der Waals surface area contributed by atoms with Crippen LogP contribution < -0.4 is 4.74 Å². The van der Waals surface area contributed by atoms with Crippen LogP contribution in [0.3, 0.4) is 0 Å². The Morgan fingerprint density at radius 3 is 2.57 bits per heavy atom. The number of carbonyl (C=O) groups excluding carboxylic acids is 1. The highest BCUT2D eigenvalue weighted by atomic mass is 32.1. The summed E-state index contributed by atoms with van der Waals surface area (Å²) in [6, 6.07) is 18.0. The Kier molecular flexibility index (Phi) is 6.98. The molecule has 2 aromatic carbocycles. The minimum absolute atomic E-state index is 0.0484. The van der Waals surface area contributed by atoms with Crippen molar-refractivity contribution < 1.29 is 9.53 Å². The number of hydrogen-bond donors (Lipinski definition) is 0. The fraction of sp³-hybridized carbons (Fsp3) is 0.217. The Bertz CT molecular complexity index is 904. The first-order valence-corrected chi connectivity index (χ1v) is 10.0. The SMILES string of the molecule is C=CCN(Cc1ccc(OC)cc1)C(=O)Cc1csc(Cc2ccccc2)n1. The monoisotopic (exact) mass is 392 g/mol. The summed E-state index contributed by atoms with van der Waals surface area (Å²) in [6.45, 7) is 4.83. The van der Waals surface area contributed by atoms with Gasteiger partial charge in [-0.2, -0.15) is 0 Å². The van der Waals surface area contributed by atoms with Crippen LogP contribution in [0, 0.1) is 0 Å². The van der Waals surface area contributed by atoms with E-state index in [-0.39, 0.29) is 5.91 Å². The number of rotatable bonds is 9. The molecule has 0 aliphatic rings. The van der Waals surface area contributed by atoms with E-state index < -0.39 is 0 Å². The Balaban J connectivity index is 1.62. The summed E-state index contributed by atoms with van der Waals surface area (Å²) in [5.74, 6) is 0.853. The van der Waals surface area contributed by atoms with Crippen LogP contribution in [0.15, 0.2) is 72.6 Å². The maximum Gasteiger partial charge on any atom is 0.229 e. The first-order chi connectivity index (χ1) is 13.7. The van der Waals surface area contributed by atoms with Crippen molar-refractivity contribution in [1.29, 1.82) is 0 Å². The molecule has 0 N–H and O–H groups in total. The number of nitrogens with zero attached hydrogens (tertiary/aromatic N) is 2. The lowest BCUT2D eigenvalue weighted by molar-refractivity contribution is -0.130. The van der Waals surface area contributed by atoms with Gasteiger partial charge in [-0.3, -0.25) is 4.79 Å². The van der Waals surface area contributed by atoms with E-state index in [1.807, 2.05) is 47.8 Å². The van der Waals surface area contributed by atoms with Gasteiger partial charge in [0.2, 0.25) is 5.91 Å². The van der Waals surface area contributed by atoms with Crippen LogP contribution in [0.5, 0.6) is 5.75 Å². The molecule has 28 heavy (non-hydrogen) atoms. The van der Waals surface area contributed by atoms with Gasteiger partial charge in [-0.25, -0.2) is 4.98 Å². The van der Waals surface area contributed by atoms with Gasteiger partial charge in [-0.15, -0.1) is 17.9 Å². The molecular weight excluding hydrogens is 368 g/mol. The van der Waals surface area contributed by atoms with Crippen molar-refractivity contribution in [2.75, 3.05) is 13.7 Å². The lowest BCUT2D eigenvalue weighted by Crippen LogP contribution is -2.32. The second kappa shape index (κ2) is 9.85.